The van der Waals surface area contributed by atoms with Crippen LogP contribution in [0.1, 0.15) is 18.1 Å². The van der Waals surface area contributed by atoms with Crippen LogP contribution in [0.5, 0.6) is 11.5 Å². The number of nitriles is 1. The first-order valence-electron chi connectivity index (χ1n) is 10.9. The van der Waals surface area contributed by atoms with Crippen LogP contribution in [0, 0.1) is 18.3 Å². The Morgan fingerprint density at radius 3 is 2.44 bits per heavy atom. The van der Waals surface area contributed by atoms with Crippen LogP contribution in [-0.4, -0.2) is 25.0 Å². The van der Waals surface area contributed by atoms with Gasteiger partial charge in [-0.2, -0.15) is 5.26 Å². The molecule has 0 unspecified atom stereocenters. The molecule has 0 aromatic heterocycles. The third kappa shape index (κ3) is 7.60. The topological polar surface area (TPSA) is 100 Å². The van der Waals surface area contributed by atoms with E-state index < -0.39 is 5.91 Å². The van der Waals surface area contributed by atoms with Gasteiger partial charge in [0.2, 0.25) is 0 Å². The average Bonchev–Trinajstić information content (AvgIpc) is 2.82. The second-order valence-corrected chi connectivity index (χ2v) is 8.89. The van der Waals surface area contributed by atoms with Crippen LogP contribution < -0.4 is 20.1 Å². The molecule has 36 heavy (non-hydrogen) atoms. The van der Waals surface area contributed by atoms with Crippen molar-refractivity contribution in [3.8, 4) is 17.6 Å². The third-order valence-corrected chi connectivity index (χ3v) is 5.56. The highest BCUT2D eigenvalue weighted by Gasteiger charge is 2.16. The second-order valence-electron chi connectivity index (χ2n) is 7.60. The van der Waals surface area contributed by atoms with Crippen molar-refractivity contribution in [3.63, 3.8) is 0 Å². The summed E-state index contributed by atoms with van der Waals surface area (Å²) in [5.74, 6) is -0.227. The van der Waals surface area contributed by atoms with Gasteiger partial charge in [0.25, 0.3) is 11.8 Å². The number of benzene rings is 3. The number of nitrogens with zero attached hydrogens (tertiary/aromatic N) is 1. The lowest BCUT2D eigenvalue weighted by atomic mass is 10.1. The minimum atomic E-state index is -0.581. The van der Waals surface area contributed by atoms with E-state index in [9.17, 15) is 14.9 Å². The van der Waals surface area contributed by atoms with Crippen molar-refractivity contribution in [1.29, 1.82) is 5.26 Å². The fraction of sp³-hybridized carbons (Fsp3) is 0.148. The highest BCUT2D eigenvalue weighted by atomic mass is 79.9. The Morgan fingerprint density at radius 2 is 1.78 bits per heavy atom. The van der Waals surface area contributed by atoms with Crippen LogP contribution in [0.4, 0.5) is 11.4 Å². The average molecular weight is 569 g/mol. The van der Waals surface area contributed by atoms with Crippen LogP contribution in [0.3, 0.4) is 0 Å². The number of anilines is 2. The Balaban J connectivity index is 1.77. The van der Waals surface area contributed by atoms with Gasteiger partial charge in [-0.3, -0.25) is 9.59 Å². The van der Waals surface area contributed by atoms with E-state index in [1.54, 1.807) is 42.5 Å². The lowest BCUT2D eigenvalue weighted by Crippen LogP contribution is -2.20. The van der Waals surface area contributed by atoms with Crippen molar-refractivity contribution in [1.82, 2.24) is 0 Å². The molecule has 2 amide bonds. The molecule has 0 atom stereocenters. The van der Waals surface area contributed by atoms with E-state index in [4.69, 9.17) is 21.1 Å². The largest absolute Gasteiger partial charge is 0.490 e. The molecule has 0 radical (unpaired) electrons. The summed E-state index contributed by atoms with van der Waals surface area (Å²) in [5, 5.41) is 15.5. The Kier molecular flexibility index (Phi) is 9.51. The quantitative estimate of drug-likeness (QED) is 0.231. The van der Waals surface area contributed by atoms with Gasteiger partial charge in [0.1, 0.15) is 11.6 Å². The van der Waals surface area contributed by atoms with Gasteiger partial charge < -0.3 is 20.1 Å². The van der Waals surface area contributed by atoms with Crippen molar-refractivity contribution in [2.24, 2.45) is 0 Å². The summed E-state index contributed by atoms with van der Waals surface area (Å²) in [7, 11) is 0. The number of amides is 2. The van der Waals surface area contributed by atoms with E-state index in [0.29, 0.717) is 44.5 Å². The molecule has 0 bridgehead atoms. The van der Waals surface area contributed by atoms with Crippen molar-refractivity contribution < 1.29 is 19.1 Å². The van der Waals surface area contributed by atoms with E-state index in [1.165, 1.54) is 6.08 Å². The minimum absolute atomic E-state index is 0.115. The molecule has 3 aromatic carbocycles. The molecule has 2 N–H and O–H groups in total. The molecule has 0 saturated heterocycles. The van der Waals surface area contributed by atoms with E-state index in [1.807, 2.05) is 38.1 Å². The fourth-order valence-corrected chi connectivity index (χ4v) is 3.98. The fourth-order valence-electron chi connectivity index (χ4n) is 3.21. The molecule has 7 nitrogen and oxygen atoms in total. The number of halogens is 2. The maximum Gasteiger partial charge on any atom is 0.266 e. The van der Waals surface area contributed by atoms with E-state index in [0.717, 1.165) is 5.56 Å². The summed E-state index contributed by atoms with van der Waals surface area (Å²) in [6.07, 6.45) is 1.43. The zero-order valence-electron chi connectivity index (χ0n) is 19.6. The first-order chi connectivity index (χ1) is 17.3. The lowest BCUT2D eigenvalue weighted by molar-refractivity contribution is -0.118. The van der Waals surface area contributed by atoms with Crippen LogP contribution in [0.25, 0.3) is 6.08 Å². The van der Waals surface area contributed by atoms with Crippen molar-refractivity contribution in [3.05, 3.63) is 86.9 Å². The van der Waals surface area contributed by atoms with E-state index >= 15 is 0 Å². The lowest BCUT2D eigenvalue weighted by Gasteiger charge is -2.15. The number of rotatable bonds is 9. The number of ether oxygens (including phenoxy) is 2. The molecule has 0 aliphatic rings. The monoisotopic (exact) mass is 567 g/mol. The predicted octanol–water partition coefficient (Wildman–Crippen LogP) is 6.37. The van der Waals surface area contributed by atoms with Crippen LogP contribution in [-0.2, 0) is 9.59 Å². The molecular weight excluding hydrogens is 546 g/mol. The summed E-state index contributed by atoms with van der Waals surface area (Å²) in [5.41, 5.74) is 2.58. The SMILES string of the molecule is CCOc1cc(/C=C(\C#N)C(=O)Nc2cccc(Cl)c2)cc(Br)c1OCC(=O)Nc1cccc(C)c1. The van der Waals surface area contributed by atoms with Gasteiger partial charge in [0, 0.05) is 16.4 Å². The van der Waals surface area contributed by atoms with Crippen LogP contribution in [0.15, 0.2) is 70.7 Å². The van der Waals surface area contributed by atoms with Gasteiger partial charge in [-0.15, -0.1) is 0 Å². The smallest absolute Gasteiger partial charge is 0.266 e. The Labute approximate surface area is 222 Å². The van der Waals surface area contributed by atoms with Crippen molar-refractivity contribution >= 4 is 56.8 Å². The molecular formula is C27H23BrClN3O4. The summed E-state index contributed by atoms with van der Waals surface area (Å²) in [6, 6.07) is 19.3. The predicted molar refractivity (Wildman–Crippen MR) is 144 cm³/mol. The van der Waals surface area contributed by atoms with Crippen LogP contribution in [0.2, 0.25) is 5.02 Å². The summed E-state index contributed by atoms with van der Waals surface area (Å²) < 4.78 is 11.9. The van der Waals surface area contributed by atoms with Gasteiger partial charge in [-0.1, -0.05) is 29.8 Å². The van der Waals surface area contributed by atoms with Gasteiger partial charge in [0.05, 0.1) is 11.1 Å². The standard InChI is InChI=1S/C27H23BrClN3O4/c1-3-35-24-13-18(11-19(15-30)27(34)32-22-9-5-7-20(29)14-22)12-23(28)26(24)36-16-25(33)31-21-8-4-6-17(2)10-21/h4-14H,3,16H2,1-2H3,(H,31,33)(H,32,34)/b19-11+. The molecule has 0 spiro atoms. The van der Waals surface area contributed by atoms with Crippen LogP contribution >= 0.6 is 27.5 Å². The minimum Gasteiger partial charge on any atom is -0.490 e. The highest BCUT2D eigenvalue weighted by molar-refractivity contribution is 9.10. The zero-order valence-corrected chi connectivity index (χ0v) is 21.9. The summed E-state index contributed by atoms with van der Waals surface area (Å²) >= 11 is 9.40. The first kappa shape index (κ1) is 26.8. The second kappa shape index (κ2) is 12.8. The zero-order chi connectivity index (χ0) is 26.1. The Hall–Kier alpha value is -3.80. The maximum absolute atomic E-state index is 12.6. The normalized spacial score (nSPS) is 10.8. The molecule has 3 rings (SSSR count). The number of carbonyl (C=O) groups excluding carboxylic acids is 2. The summed E-state index contributed by atoms with van der Waals surface area (Å²) in [4.78, 5) is 25.0. The Bertz CT molecular complexity index is 1350. The third-order valence-electron chi connectivity index (χ3n) is 4.74. The van der Waals surface area contributed by atoms with Gasteiger partial charge in [-0.05, 0) is 89.4 Å². The molecule has 184 valence electrons. The van der Waals surface area contributed by atoms with Gasteiger partial charge in [0.15, 0.2) is 18.1 Å². The molecule has 0 aliphatic carbocycles. The summed E-state index contributed by atoms with van der Waals surface area (Å²) in [6.45, 7) is 3.84. The molecule has 0 fully saturated rings. The number of carbonyl (C=O) groups is 2. The Morgan fingerprint density at radius 1 is 1.06 bits per heavy atom. The number of hydrogen-bond donors (Lipinski definition) is 2. The van der Waals surface area contributed by atoms with E-state index in [-0.39, 0.29) is 18.1 Å². The number of aryl methyl sites for hydroxylation is 1. The van der Waals surface area contributed by atoms with Crippen molar-refractivity contribution in [2.75, 3.05) is 23.8 Å². The molecule has 0 saturated carbocycles. The van der Waals surface area contributed by atoms with Gasteiger partial charge in [-0.25, -0.2) is 0 Å². The number of nitrogens with one attached hydrogen (secondary N) is 2. The molecule has 3 aromatic rings. The van der Waals surface area contributed by atoms with Crippen molar-refractivity contribution in [2.45, 2.75) is 13.8 Å². The molecule has 0 heterocycles. The molecule has 9 heteroatoms. The maximum atomic E-state index is 12.6. The number of hydrogen-bond acceptors (Lipinski definition) is 5. The van der Waals surface area contributed by atoms with Gasteiger partial charge >= 0.3 is 0 Å². The van der Waals surface area contributed by atoms with E-state index in [2.05, 4.69) is 26.6 Å². The molecule has 0 aliphatic heterocycles. The highest BCUT2D eigenvalue weighted by Crippen LogP contribution is 2.37. The first-order valence-corrected chi connectivity index (χ1v) is 12.1.